The van der Waals surface area contributed by atoms with E-state index in [0.717, 1.165) is 0 Å². The van der Waals surface area contributed by atoms with Crippen LogP contribution in [-0.2, 0) is 19.1 Å². The van der Waals surface area contributed by atoms with Crippen molar-refractivity contribution in [2.75, 3.05) is 5.01 Å². The number of hydrazone groups is 1. The van der Waals surface area contributed by atoms with Gasteiger partial charge in [-0.25, -0.2) is 9.80 Å². The second-order valence-corrected chi connectivity index (χ2v) is 7.49. The first-order valence-electron chi connectivity index (χ1n) is 8.75. The Kier molecular flexibility index (Phi) is 6.17. The number of anilines is 1. The number of hydrogen-bond acceptors (Lipinski definition) is 6. The second kappa shape index (κ2) is 8.20. The zero-order valence-electron chi connectivity index (χ0n) is 16.3. The standard InChI is InChI=1S/C19H24N4O5/c1-11-9-16(25)23(22-11)13-7-5-12(6-8-13)17(26)21-14(10-15(20)24)18(27)28-19(2,3)4/h5-8,14H,9-10H2,1-4H3,(H2,20,24)(H,21,26). The first-order chi connectivity index (χ1) is 13.0. The molecule has 0 aliphatic carbocycles. The molecule has 0 bridgehead atoms. The molecule has 2 rings (SSSR count). The molecule has 0 fully saturated rings. The maximum atomic E-state index is 12.5. The predicted molar refractivity (Wildman–Crippen MR) is 103 cm³/mol. The number of hydrogen-bond donors (Lipinski definition) is 2. The van der Waals surface area contributed by atoms with E-state index in [-0.39, 0.29) is 24.3 Å². The van der Waals surface area contributed by atoms with Crippen molar-refractivity contribution < 1.29 is 23.9 Å². The van der Waals surface area contributed by atoms with E-state index < -0.39 is 29.4 Å². The van der Waals surface area contributed by atoms with Crippen LogP contribution in [0.5, 0.6) is 0 Å². The molecule has 3 amide bonds. The number of nitrogens with one attached hydrogen (secondary N) is 1. The van der Waals surface area contributed by atoms with Gasteiger partial charge in [-0.05, 0) is 52.0 Å². The zero-order valence-corrected chi connectivity index (χ0v) is 16.3. The summed E-state index contributed by atoms with van der Waals surface area (Å²) in [5.74, 6) is -2.21. The summed E-state index contributed by atoms with van der Waals surface area (Å²) in [6, 6.07) is 4.95. The molecule has 0 saturated heterocycles. The Morgan fingerprint density at radius 2 is 1.86 bits per heavy atom. The fourth-order valence-corrected chi connectivity index (χ4v) is 2.52. The van der Waals surface area contributed by atoms with Crippen LogP contribution < -0.4 is 16.1 Å². The van der Waals surface area contributed by atoms with E-state index in [1.807, 2.05) is 0 Å². The fraction of sp³-hybridized carbons (Fsp3) is 0.421. The van der Waals surface area contributed by atoms with Crippen molar-refractivity contribution in [3.8, 4) is 0 Å². The van der Waals surface area contributed by atoms with E-state index in [4.69, 9.17) is 10.5 Å². The Labute approximate surface area is 162 Å². The summed E-state index contributed by atoms with van der Waals surface area (Å²) < 4.78 is 5.23. The summed E-state index contributed by atoms with van der Waals surface area (Å²) in [6.07, 6.45) is -0.123. The molecule has 1 aromatic carbocycles. The third-order valence-corrected chi connectivity index (χ3v) is 3.69. The molecular weight excluding hydrogens is 364 g/mol. The van der Waals surface area contributed by atoms with Crippen molar-refractivity contribution in [3.63, 3.8) is 0 Å². The number of primary amides is 1. The van der Waals surface area contributed by atoms with Gasteiger partial charge < -0.3 is 15.8 Å². The zero-order chi connectivity index (χ0) is 21.1. The molecule has 0 aromatic heterocycles. The first-order valence-corrected chi connectivity index (χ1v) is 8.75. The molecule has 3 N–H and O–H groups in total. The SMILES string of the molecule is CC1=NN(c2ccc(C(=O)NC(CC(N)=O)C(=O)OC(C)(C)C)cc2)C(=O)C1. The molecule has 1 heterocycles. The average Bonchev–Trinajstić information content (AvgIpc) is 2.90. The van der Waals surface area contributed by atoms with Gasteiger partial charge in [0.2, 0.25) is 5.91 Å². The van der Waals surface area contributed by atoms with Gasteiger partial charge in [0.05, 0.1) is 18.5 Å². The number of esters is 1. The van der Waals surface area contributed by atoms with E-state index in [9.17, 15) is 19.2 Å². The molecule has 28 heavy (non-hydrogen) atoms. The number of amides is 3. The minimum Gasteiger partial charge on any atom is -0.458 e. The lowest BCUT2D eigenvalue weighted by atomic mass is 10.1. The normalized spacial score (nSPS) is 15.1. The van der Waals surface area contributed by atoms with Gasteiger partial charge >= 0.3 is 5.97 Å². The van der Waals surface area contributed by atoms with Crippen molar-refractivity contribution in [3.05, 3.63) is 29.8 Å². The van der Waals surface area contributed by atoms with E-state index in [0.29, 0.717) is 11.4 Å². The number of benzene rings is 1. The molecular formula is C19H24N4O5. The largest absolute Gasteiger partial charge is 0.458 e. The number of ether oxygens (including phenoxy) is 1. The third-order valence-electron chi connectivity index (χ3n) is 3.69. The number of carbonyl (C=O) groups excluding carboxylic acids is 4. The molecule has 0 spiro atoms. The van der Waals surface area contributed by atoms with Crippen molar-refractivity contribution in [2.24, 2.45) is 10.8 Å². The van der Waals surface area contributed by atoms with Gasteiger partial charge in [-0.2, -0.15) is 5.10 Å². The van der Waals surface area contributed by atoms with Crippen LogP contribution in [0.3, 0.4) is 0 Å². The van der Waals surface area contributed by atoms with Crippen LogP contribution in [0.1, 0.15) is 50.9 Å². The molecule has 9 heteroatoms. The van der Waals surface area contributed by atoms with Crippen molar-refractivity contribution in [1.82, 2.24) is 5.32 Å². The van der Waals surface area contributed by atoms with Gasteiger partial charge in [0, 0.05) is 11.3 Å². The van der Waals surface area contributed by atoms with E-state index in [2.05, 4.69) is 10.4 Å². The lowest BCUT2D eigenvalue weighted by Gasteiger charge is -2.24. The third kappa shape index (κ3) is 5.63. The first kappa shape index (κ1) is 21.1. The lowest BCUT2D eigenvalue weighted by molar-refractivity contribution is -0.158. The Morgan fingerprint density at radius 1 is 1.25 bits per heavy atom. The smallest absolute Gasteiger partial charge is 0.329 e. The summed E-state index contributed by atoms with van der Waals surface area (Å²) >= 11 is 0. The summed E-state index contributed by atoms with van der Waals surface area (Å²) in [6.45, 7) is 6.79. The van der Waals surface area contributed by atoms with E-state index >= 15 is 0 Å². The Hall–Kier alpha value is -3.23. The van der Waals surface area contributed by atoms with Gasteiger partial charge in [0.15, 0.2) is 0 Å². The fourth-order valence-electron chi connectivity index (χ4n) is 2.52. The van der Waals surface area contributed by atoms with Crippen LogP contribution in [0.25, 0.3) is 0 Å². The summed E-state index contributed by atoms with van der Waals surface area (Å²) in [5.41, 5.74) is 5.88. The van der Waals surface area contributed by atoms with Crippen LogP contribution in [0.4, 0.5) is 5.69 Å². The minimum absolute atomic E-state index is 0.152. The van der Waals surface area contributed by atoms with Gasteiger partial charge in [-0.1, -0.05) is 0 Å². The van der Waals surface area contributed by atoms with Crippen LogP contribution in [0, 0.1) is 0 Å². The molecule has 0 radical (unpaired) electrons. The highest BCUT2D eigenvalue weighted by Gasteiger charge is 2.29. The maximum absolute atomic E-state index is 12.5. The lowest BCUT2D eigenvalue weighted by Crippen LogP contribution is -2.46. The molecule has 1 unspecified atom stereocenters. The van der Waals surface area contributed by atoms with E-state index in [1.165, 1.54) is 17.1 Å². The number of rotatable bonds is 6. The molecule has 1 atom stereocenters. The molecule has 1 aliphatic rings. The Bertz CT molecular complexity index is 824. The van der Waals surface area contributed by atoms with Crippen LogP contribution >= 0.6 is 0 Å². The highest BCUT2D eigenvalue weighted by atomic mass is 16.6. The van der Waals surface area contributed by atoms with Crippen molar-refractivity contribution in [1.29, 1.82) is 0 Å². The second-order valence-electron chi connectivity index (χ2n) is 7.49. The van der Waals surface area contributed by atoms with E-state index in [1.54, 1.807) is 39.8 Å². The summed E-state index contributed by atoms with van der Waals surface area (Å²) in [7, 11) is 0. The summed E-state index contributed by atoms with van der Waals surface area (Å²) in [5, 5.41) is 7.88. The van der Waals surface area contributed by atoms with Gasteiger partial charge in [-0.15, -0.1) is 0 Å². The average molecular weight is 388 g/mol. The van der Waals surface area contributed by atoms with Crippen LogP contribution in [0.2, 0.25) is 0 Å². The molecule has 1 aromatic rings. The highest BCUT2D eigenvalue weighted by Crippen LogP contribution is 2.21. The molecule has 1 aliphatic heterocycles. The molecule has 0 saturated carbocycles. The Balaban J connectivity index is 2.11. The number of nitrogens with two attached hydrogens (primary N) is 1. The van der Waals surface area contributed by atoms with Crippen molar-refractivity contribution in [2.45, 2.75) is 52.2 Å². The predicted octanol–water partition coefficient (Wildman–Crippen LogP) is 1.11. The van der Waals surface area contributed by atoms with Crippen molar-refractivity contribution >= 4 is 35.1 Å². The topological polar surface area (TPSA) is 131 Å². The maximum Gasteiger partial charge on any atom is 0.329 e. The van der Waals surface area contributed by atoms with Gasteiger partial charge in [0.25, 0.3) is 11.8 Å². The number of carbonyl (C=O) groups is 4. The monoisotopic (exact) mass is 388 g/mol. The van der Waals surface area contributed by atoms with Gasteiger partial charge in [-0.3, -0.25) is 14.4 Å². The van der Waals surface area contributed by atoms with Crippen LogP contribution in [0.15, 0.2) is 29.4 Å². The van der Waals surface area contributed by atoms with Crippen LogP contribution in [-0.4, -0.2) is 41.0 Å². The number of nitrogens with zero attached hydrogens (tertiary/aromatic N) is 2. The molecule has 150 valence electrons. The quantitative estimate of drug-likeness (QED) is 0.705. The molecule has 9 nitrogen and oxygen atoms in total. The van der Waals surface area contributed by atoms with Gasteiger partial charge in [0.1, 0.15) is 11.6 Å². The highest BCUT2D eigenvalue weighted by molar-refractivity contribution is 6.12. The Morgan fingerprint density at radius 3 is 2.32 bits per heavy atom. The minimum atomic E-state index is -1.20. The summed E-state index contributed by atoms with van der Waals surface area (Å²) in [4.78, 5) is 47.9.